The number of rotatable bonds is 11. The molecule has 0 bridgehead atoms. The minimum absolute atomic E-state index is 0.690. The smallest absolute Gasteiger partial charge is 0.0361 e. The van der Waals surface area contributed by atoms with Crippen molar-refractivity contribution in [2.45, 2.75) is 12.3 Å². The van der Waals surface area contributed by atoms with Crippen molar-refractivity contribution in [1.82, 2.24) is 0 Å². The zero-order chi connectivity index (χ0) is 37.0. The highest BCUT2D eigenvalue weighted by Crippen LogP contribution is 2.48. The molecule has 4 heteroatoms. The second-order valence-corrected chi connectivity index (χ2v) is 18.7. The summed E-state index contributed by atoms with van der Waals surface area (Å²) in [6, 6.07) is 68.4. The Kier molecular flexibility index (Phi) is 10.6. The third-order valence-corrected chi connectivity index (χ3v) is 15.4. The van der Waals surface area contributed by atoms with Crippen molar-refractivity contribution < 1.29 is 0 Å². The Morgan fingerprint density at radius 1 is 0.333 bits per heavy atom. The fourth-order valence-electron chi connectivity index (χ4n) is 7.57. The van der Waals surface area contributed by atoms with E-state index in [0.717, 1.165) is 12.3 Å². The Morgan fingerprint density at radius 3 is 1.04 bits per heavy atom. The van der Waals surface area contributed by atoms with Crippen molar-refractivity contribution in [2.75, 3.05) is 38.0 Å². The first-order chi connectivity index (χ1) is 26.4. The number of fused-ring (bicyclic) bond motifs is 2. The maximum atomic E-state index is 2.43. The average Bonchev–Trinajstić information content (AvgIpc) is 3.22. The van der Waals surface area contributed by atoms with Crippen LogP contribution >= 0.6 is 15.8 Å². The van der Waals surface area contributed by atoms with E-state index in [1.54, 1.807) is 0 Å². The van der Waals surface area contributed by atoms with Crippen LogP contribution in [0.15, 0.2) is 182 Å². The van der Waals surface area contributed by atoms with Crippen molar-refractivity contribution >= 4 is 70.0 Å². The van der Waals surface area contributed by atoms with Gasteiger partial charge in [0.1, 0.15) is 0 Å². The Hall–Kier alpha value is -5.26. The van der Waals surface area contributed by atoms with Crippen LogP contribution in [0.4, 0.5) is 11.4 Å². The van der Waals surface area contributed by atoms with Gasteiger partial charge in [0.15, 0.2) is 0 Å². The molecule has 2 unspecified atom stereocenters. The van der Waals surface area contributed by atoms with Gasteiger partial charge in [-0.15, -0.1) is 0 Å². The van der Waals surface area contributed by atoms with Crippen LogP contribution in [-0.2, 0) is 12.3 Å². The van der Waals surface area contributed by atoms with Crippen LogP contribution in [0.5, 0.6) is 0 Å². The van der Waals surface area contributed by atoms with Crippen LogP contribution in [0.25, 0.3) is 32.7 Å². The molecule has 0 spiro atoms. The third-order valence-electron chi connectivity index (χ3n) is 10.4. The molecule has 0 aliphatic carbocycles. The lowest BCUT2D eigenvalue weighted by Crippen LogP contribution is -2.16. The molecule has 54 heavy (non-hydrogen) atoms. The van der Waals surface area contributed by atoms with E-state index < -0.39 is 15.8 Å². The van der Waals surface area contributed by atoms with Crippen LogP contribution in [0.1, 0.15) is 11.1 Å². The standard InChI is InChI=1S/C50H46N2P2/c1-51(2)41-27-31-45(32-28-41)53(43-17-7-5-8-18-43)35-39-25-23-37-15-11-13-21-47(37)49(39)50-40(26-24-38-16-12-14-22-48(38)50)36-54(44-19-9-6-10-20-44)46-33-29-42(30-34-46)52(3)4/h5-34H,35-36H2,1-4H3. The van der Waals surface area contributed by atoms with Crippen molar-refractivity contribution in [3.05, 3.63) is 193 Å². The van der Waals surface area contributed by atoms with Crippen LogP contribution in [-0.4, -0.2) is 28.2 Å². The Labute approximate surface area is 323 Å². The van der Waals surface area contributed by atoms with Gasteiger partial charge >= 0.3 is 0 Å². The largest absolute Gasteiger partial charge is 0.378 e. The molecule has 0 aliphatic rings. The third kappa shape index (κ3) is 7.43. The molecule has 0 amide bonds. The fraction of sp³-hybridized carbons (Fsp3) is 0.120. The summed E-state index contributed by atoms with van der Waals surface area (Å²) < 4.78 is 0. The predicted molar refractivity (Wildman–Crippen MR) is 241 cm³/mol. The van der Waals surface area contributed by atoms with Gasteiger partial charge in [0, 0.05) is 51.9 Å². The molecule has 0 aromatic heterocycles. The molecule has 0 saturated carbocycles. The topological polar surface area (TPSA) is 6.48 Å². The zero-order valence-corrected chi connectivity index (χ0v) is 33.3. The lowest BCUT2D eigenvalue weighted by Gasteiger charge is -2.26. The number of nitrogens with zero attached hydrogens (tertiary/aromatic N) is 2. The molecular formula is C50H46N2P2. The van der Waals surface area contributed by atoms with Gasteiger partial charge in [-0.3, -0.25) is 0 Å². The van der Waals surface area contributed by atoms with Crippen LogP contribution in [0.3, 0.4) is 0 Å². The molecule has 0 aliphatic heterocycles. The van der Waals surface area contributed by atoms with E-state index in [1.807, 2.05) is 0 Å². The Bertz CT molecular complexity index is 2320. The molecular weight excluding hydrogens is 691 g/mol. The lowest BCUT2D eigenvalue weighted by atomic mass is 9.88. The molecule has 266 valence electrons. The molecule has 0 radical (unpaired) electrons. The molecule has 0 saturated heterocycles. The molecule has 0 fully saturated rings. The van der Waals surface area contributed by atoms with E-state index in [1.165, 1.54) is 76.4 Å². The molecule has 2 nitrogen and oxygen atoms in total. The maximum Gasteiger partial charge on any atom is 0.0361 e. The predicted octanol–water partition coefficient (Wildman–Crippen LogP) is 11.1. The molecule has 0 heterocycles. The monoisotopic (exact) mass is 736 g/mol. The van der Waals surface area contributed by atoms with Gasteiger partial charge in [-0.25, -0.2) is 0 Å². The summed E-state index contributed by atoms with van der Waals surface area (Å²) in [7, 11) is 7.07. The first kappa shape index (κ1) is 35.8. The van der Waals surface area contributed by atoms with Crippen molar-refractivity contribution in [3.8, 4) is 11.1 Å². The van der Waals surface area contributed by atoms with Gasteiger partial charge in [-0.05, 0) is 105 Å². The number of anilines is 2. The second kappa shape index (κ2) is 16.0. The minimum atomic E-state index is -0.690. The summed E-state index contributed by atoms with van der Waals surface area (Å²) in [6.07, 6.45) is 1.89. The minimum Gasteiger partial charge on any atom is -0.378 e. The van der Waals surface area contributed by atoms with Gasteiger partial charge < -0.3 is 9.80 Å². The lowest BCUT2D eigenvalue weighted by molar-refractivity contribution is 1.13. The summed E-state index contributed by atoms with van der Waals surface area (Å²) in [4.78, 5) is 4.36. The number of benzene rings is 8. The molecule has 2 atom stereocenters. The van der Waals surface area contributed by atoms with Gasteiger partial charge in [0.25, 0.3) is 0 Å². The first-order valence-corrected chi connectivity index (χ1v) is 21.7. The summed E-state index contributed by atoms with van der Waals surface area (Å²) in [6.45, 7) is 0. The maximum absolute atomic E-state index is 2.43. The van der Waals surface area contributed by atoms with Crippen LogP contribution in [0.2, 0.25) is 0 Å². The Morgan fingerprint density at radius 2 is 0.667 bits per heavy atom. The second-order valence-electron chi connectivity index (χ2n) is 14.3. The van der Waals surface area contributed by atoms with E-state index in [0.29, 0.717) is 0 Å². The highest BCUT2D eigenvalue weighted by Gasteiger charge is 2.24. The molecule has 8 aromatic rings. The molecule has 0 N–H and O–H groups in total. The number of hydrogen-bond donors (Lipinski definition) is 0. The number of hydrogen-bond acceptors (Lipinski definition) is 2. The fourth-order valence-corrected chi connectivity index (χ4v) is 12.2. The van der Waals surface area contributed by atoms with Crippen molar-refractivity contribution in [2.24, 2.45) is 0 Å². The van der Waals surface area contributed by atoms with Crippen molar-refractivity contribution in [3.63, 3.8) is 0 Å². The van der Waals surface area contributed by atoms with Crippen LogP contribution in [0, 0.1) is 0 Å². The van der Waals surface area contributed by atoms with E-state index in [4.69, 9.17) is 0 Å². The van der Waals surface area contributed by atoms with Gasteiger partial charge in [0.2, 0.25) is 0 Å². The zero-order valence-electron chi connectivity index (χ0n) is 31.5. The van der Waals surface area contributed by atoms with Gasteiger partial charge in [0.05, 0.1) is 0 Å². The van der Waals surface area contributed by atoms with Crippen LogP contribution < -0.4 is 31.0 Å². The normalized spacial score (nSPS) is 12.4. The van der Waals surface area contributed by atoms with E-state index in [-0.39, 0.29) is 0 Å². The summed E-state index contributed by atoms with van der Waals surface area (Å²) >= 11 is 0. The first-order valence-electron chi connectivity index (χ1n) is 18.7. The van der Waals surface area contributed by atoms with Crippen molar-refractivity contribution in [1.29, 1.82) is 0 Å². The summed E-state index contributed by atoms with van der Waals surface area (Å²) in [5.41, 5.74) is 7.99. The molecule has 8 aromatic carbocycles. The summed E-state index contributed by atoms with van der Waals surface area (Å²) in [5, 5.41) is 10.8. The van der Waals surface area contributed by atoms with E-state index >= 15 is 0 Å². The Balaban J connectivity index is 1.34. The van der Waals surface area contributed by atoms with Gasteiger partial charge in [-0.1, -0.05) is 158 Å². The summed E-state index contributed by atoms with van der Waals surface area (Å²) in [5.74, 6) is 0. The highest BCUT2D eigenvalue weighted by atomic mass is 31.1. The molecule has 8 rings (SSSR count). The van der Waals surface area contributed by atoms with E-state index in [2.05, 4.69) is 220 Å². The average molecular weight is 737 g/mol. The SMILES string of the molecule is CN(C)c1ccc(P(Cc2ccc3ccccc3c2-c2c(CP(c3ccccc3)c3ccc(N(C)C)cc3)ccc3ccccc23)c2ccccc2)cc1. The quantitative estimate of drug-likeness (QED) is 0.122. The highest BCUT2D eigenvalue weighted by molar-refractivity contribution is 7.72. The van der Waals surface area contributed by atoms with Gasteiger partial charge in [-0.2, -0.15) is 0 Å². The van der Waals surface area contributed by atoms with E-state index in [9.17, 15) is 0 Å².